The Kier molecular flexibility index (Phi) is 8.44. The Morgan fingerprint density at radius 1 is 1.14 bits per heavy atom. The minimum absolute atomic E-state index is 0.0962. The van der Waals surface area contributed by atoms with Gasteiger partial charge in [-0.3, -0.25) is 14.5 Å². The third-order valence-electron chi connectivity index (χ3n) is 8.75. The van der Waals surface area contributed by atoms with Crippen LogP contribution < -0.4 is 19.9 Å². The van der Waals surface area contributed by atoms with Crippen molar-refractivity contribution in [1.82, 2.24) is 30.0 Å². The topological polar surface area (TPSA) is 120 Å². The second kappa shape index (κ2) is 12.4. The predicted molar refractivity (Wildman–Crippen MR) is 167 cm³/mol. The Balaban J connectivity index is 1.20. The number of methoxy groups -OCH3 is 1. The van der Waals surface area contributed by atoms with Gasteiger partial charge in [-0.05, 0) is 37.5 Å². The van der Waals surface area contributed by atoms with E-state index in [9.17, 15) is 9.59 Å². The molecule has 3 aliphatic rings. The number of amides is 2. The van der Waals surface area contributed by atoms with E-state index in [4.69, 9.17) is 9.72 Å². The number of rotatable bonds is 8. The van der Waals surface area contributed by atoms with Crippen LogP contribution in [-0.4, -0.2) is 94.2 Å². The highest BCUT2D eigenvalue weighted by Crippen LogP contribution is 2.40. The van der Waals surface area contributed by atoms with Crippen molar-refractivity contribution in [3.63, 3.8) is 0 Å². The summed E-state index contributed by atoms with van der Waals surface area (Å²) in [5.74, 6) is 2.12. The van der Waals surface area contributed by atoms with Crippen LogP contribution in [0, 0.1) is 0 Å². The number of nitrogens with one attached hydrogen (secondary N) is 1. The van der Waals surface area contributed by atoms with E-state index in [1.165, 1.54) is 12.8 Å². The lowest BCUT2D eigenvalue weighted by molar-refractivity contribution is -0.130. The number of nitrogens with zero attached hydrogens (tertiary/aromatic N) is 8. The zero-order valence-electron chi connectivity index (χ0n) is 25.2. The Labute approximate surface area is 256 Å². The molecule has 0 unspecified atom stereocenters. The van der Waals surface area contributed by atoms with E-state index in [1.807, 2.05) is 30.1 Å². The fraction of sp³-hybridized carbons (Fsp3) is 0.533. The molecule has 0 radical (unpaired) electrons. The lowest BCUT2D eigenvalue weighted by Crippen LogP contribution is -2.55. The first kappa shape index (κ1) is 29.2. The van der Waals surface area contributed by atoms with Crippen LogP contribution in [0.5, 0.6) is 5.75 Å². The largest absolute Gasteiger partial charge is 0.495 e. The van der Waals surface area contributed by atoms with Gasteiger partial charge in [0.25, 0.3) is 0 Å². The molecule has 6 rings (SSSR count). The van der Waals surface area contributed by atoms with Crippen molar-refractivity contribution in [2.75, 3.05) is 55.5 Å². The number of aromatic nitrogens is 4. The number of anilines is 4. The number of likely N-dealkylation sites (N-methyl/N-ethyl adjacent to an activating group) is 1. The lowest BCUT2D eigenvalue weighted by Gasteiger charge is -2.43. The molecule has 2 fully saturated rings. The number of carbonyl (C=O) groups is 2. The molecule has 0 bridgehead atoms. The van der Waals surface area contributed by atoms with Crippen molar-refractivity contribution in [2.24, 2.45) is 0 Å². The van der Waals surface area contributed by atoms with Crippen molar-refractivity contribution in [1.29, 1.82) is 0 Å². The van der Waals surface area contributed by atoms with E-state index in [2.05, 4.69) is 37.2 Å². The number of carbonyl (C=O) groups excluding carboxylic acids is 2. The molecule has 228 valence electrons. The third-order valence-corrected chi connectivity index (χ3v) is 9.71. The molecular formula is C30H39N9O3S. The second-order valence-corrected chi connectivity index (χ2v) is 12.5. The van der Waals surface area contributed by atoms with Gasteiger partial charge in [0.1, 0.15) is 27.5 Å². The summed E-state index contributed by atoms with van der Waals surface area (Å²) in [4.78, 5) is 42.5. The van der Waals surface area contributed by atoms with Gasteiger partial charge in [-0.15, -0.1) is 10.2 Å². The monoisotopic (exact) mass is 605 g/mol. The van der Waals surface area contributed by atoms with Gasteiger partial charge in [0.2, 0.25) is 17.8 Å². The minimum atomic E-state index is -0.223. The molecule has 1 aliphatic carbocycles. The molecule has 3 aromatic rings. The highest BCUT2D eigenvalue weighted by atomic mass is 32.1. The van der Waals surface area contributed by atoms with Gasteiger partial charge in [0.05, 0.1) is 25.5 Å². The summed E-state index contributed by atoms with van der Waals surface area (Å²) in [5.41, 5.74) is 2.39. The number of hydrogen-bond acceptors (Lipinski definition) is 11. The van der Waals surface area contributed by atoms with Crippen molar-refractivity contribution in [3.8, 4) is 16.3 Å². The quantitative estimate of drug-likeness (QED) is 0.405. The fourth-order valence-corrected chi connectivity index (χ4v) is 7.22. The van der Waals surface area contributed by atoms with Crippen LogP contribution in [0.15, 0.2) is 24.4 Å². The molecule has 4 heterocycles. The molecule has 1 saturated carbocycles. The molecule has 2 aromatic heterocycles. The Morgan fingerprint density at radius 2 is 1.91 bits per heavy atom. The van der Waals surface area contributed by atoms with Gasteiger partial charge in [-0.2, -0.15) is 4.98 Å². The van der Waals surface area contributed by atoms with E-state index in [0.717, 1.165) is 78.2 Å². The van der Waals surface area contributed by atoms with Crippen molar-refractivity contribution >= 4 is 46.3 Å². The van der Waals surface area contributed by atoms with Gasteiger partial charge in [-0.1, -0.05) is 31.1 Å². The SMILES string of the molecule is CC[C@@H]1C(=O)N(C)c2cnc(Nc3ccc(-c4nnc(CN5CCN(C(C)=O)CC5)s4)cc3OC)nc2N1C1CCCC1. The van der Waals surface area contributed by atoms with E-state index in [0.29, 0.717) is 24.3 Å². The Morgan fingerprint density at radius 3 is 2.60 bits per heavy atom. The van der Waals surface area contributed by atoms with E-state index in [1.54, 1.807) is 36.5 Å². The fourth-order valence-electron chi connectivity index (χ4n) is 6.34. The number of hydrogen-bond donors (Lipinski definition) is 1. The lowest BCUT2D eigenvalue weighted by atomic mass is 10.0. The van der Waals surface area contributed by atoms with Crippen LogP contribution in [0.2, 0.25) is 0 Å². The predicted octanol–water partition coefficient (Wildman–Crippen LogP) is 3.92. The van der Waals surface area contributed by atoms with Gasteiger partial charge in [0, 0.05) is 51.8 Å². The standard InChI is InChI=1S/C30H39N9O3S/c1-5-23-29(41)36(3)24-17-31-30(33-27(24)39(23)21-8-6-7-9-21)32-22-11-10-20(16-25(22)42-4)28-35-34-26(43-28)18-37-12-14-38(15-13-37)19(2)40/h10-11,16-17,21,23H,5-9,12-15,18H2,1-4H3,(H,31,32,33)/t23-/m1/s1. The van der Waals surface area contributed by atoms with Crippen LogP contribution in [0.1, 0.15) is 51.0 Å². The Hall–Kier alpha value is -3.84. The summed E-state index contributed by atoms with van der Waals surface area (Å²) in [7, 11) is 3.44. The van der Waals surface area contributed by atoms with Crippen LogP contribution >= 0.6 is 11.3 Å². The van der Waals surface area contributed by atoms with Crippen LogP contribution in [0.3, 0.4) is 0 Å². The zero-order valence-corrected chi connectivity index (χ0v) is 26.1. The number of ether oxygens (including phenoxy) is 1. The van der Waals surface area contributed by atoms with Crippen molar-refractivity contribution < 1.29 is 14.3 Å². The molecule has 2 amide bonds. The van der Waals surface area contributed by atoms with Crippen molar-refractivity contribution in [2.45, 2.75) is 64.6 Å². The maximum absolute atomic E-state index is 13.2. The van der Waals surface area contributed by atoms with E-state index < -0.39 is 0 Å². The average molecular weight is 606 g/mol. The van der Waals surface area contributed by atoms with Crippen LogP contribution in [0.4, 0.5) is 23.1 Å². The highest BCUT2D eigenvalue weighted by Gasteiger charge is 2.41. The van der Waals surface area contributed by atoms with Gasteiger partial charge >= 0.3 is 0 Å². The Bertz CT molecular complexity index is 1480. The normalized spacial score (nSPS) is 19.6. The van der Waals surface area contributed by atoms with Crippen molar-refractivity contribution in [3.05, 3.63) is 29.4 Å². The van der Waals surface area contributed by atoms with Gasteiger partial charge in [0.15, 0.2) is 5.82 Å². The maximum atomic E-state index is 13.2. The zero-order chi connectivity index (χ0) is 30.1. The molecular weight excluding hydrogens is 566 g/mol. The smallest absolute Gasteiger partial charge is 0.249 e. The van der Waals surface area contributed by atoms with E-state index >= 15 is 0 Å². The number of benzene rings is 1. The second-order valence-electron chi connectivity index (χ2n) is 11.4. The molecule has 2 aliphatic heterocycles. The van der Waals surface area contributed by atoms with E-state index in [-0.39, 0.29) is 17.9 Å². The minimum Gasteiger partial charge on any atom is -0.495 e. The molecule has 1 N–H and O–H groups in total. The van der Waals surface area contributed by atoms with Crippen LogP contribution in [0.25, 0.3) is 10.6 Å². The molecule has 1 saturated heterocycles. The summed E-state index contributed by atoms with van der Waals surface area (Å²) < 4.78 is 5.75. The maximum Gasteiger partial charge on any atom is 0.249 e. The molecule has 13 heteroatoms. The molecule has 1 atom stereocenters. The average Bonchev–Trinajstić information content (AvgIpc) is 3.72. The first-order chi connectivity index (χ1) is 20.9. The van der Waals surface area contributed by atoms with Crippen LogP contribution in [-0.2, 0) is 16.1 Å². The number of fused-ring (bicyclic) bond motifs is 1. The summed E-state index contributed by atoms with van der Waals surface area (Å²) in [6, 6.07) is 5.96. The van der Waals surface area contributed by atoms with Gasteiger partial charge in [-0.25, -0.2) is 4.98 Å². The molecule has 0 spiro atoms. The first-order valence-electron chi connectivity index (χ1n) is 15.0. The molecule has 1 aromatic carbocycles. The summed E-state index contributed by atoms with van der Waals surface area (Å²) in [6.07, 6.45) is 6.94. The summed E-state index contributed by atoms with van der Waals surface area (Å²) in [6.45, 7) is 7.55. The first-order valence-corrected chi connectivity index (χ1v) is 15.9. The third kappa shape index (κ3) is 5.87. The summed E-state index contributed by atoms with van der Waals surface area (Å²) in [5, 5.41) is 14.0. The molecule has 12 nitrogen and oxygen atoms in total. The molecule has 43 heavy (non-hydrogen) atoms. The van der Waals surface area contributed by atoms with Gasteiger partial charge < -0.3 is 24.8 Å². The summed E-state index contributed by atoms with van der Waals surface area (Å²) >= 11 is 1.56. The highest BCUT2D eigenvalue weighted by molar-refractivity contribution is 7.14. The number of piperazine rings is 1.